The third-order valence-electron chi connectivity index (χ3n) is 5.44. The Bertz CT molecular complexity index is 1100. The number of piperazine rings is 1. The van der Waals surface area contributed by atoms with Crippen molar-refractivity contribution < 1.29 is 9.53 Å². The maximum Gasteiger partial charge on any atom is 0.259 e. The van der Waals surface area contributed by atoms with Crippen molar-refractivity contribution in [1.29, 1.82) is 0 Å². The molecule has 0 saturated carbocycles. The first-order valence-electron chi connectivity index (χ1n) is 9.77. The zero-order valence-corrected chi connectivity index (χ0v) is 19.3. The third-order valence-corrected chi connectivity index (χ3v) is 6.53. The van der Waals surface area contributed by atoms with Crippen LogP contribution in [0.25, 0.3) is 10.8 Å². The predicted molar refractivity (Wildman–Crippen MR) is 127 cm³/mol. The number of hydrogen-bond acceptors (Lipinski definition) is 4. The average Bonchev–Trinajstić information content (AvgIpc) is 2.74. The van der Waals surface area contributed by atoms with Crippen LogP contribution >= 0.6 is 27.5 Å². The Kier molecular flexibility index (Phi) is 6.18. The number of halogens is 2. The molecule has 5 nitrogen and oxygen atoms in total. The summed E-state index contributed by atoms with van der Waals surface area (Å²) in [6.45, 7) is 3.88. The van der Waals surface area contributed by atoms with Crippen molar-refractivity contribution in [2.24, 2.45) is 0 Å². The maximum absolute atomic E-state index is 13.1. The lowest BCUT2D eigenvalue weighted by Crippen LogP contribution is -2.44. The molecule has 1 aliphatic rings. The van der Waals surface area contributed by atoms with Gasteiger partial charge in [0.25, 0.3) is 5.91 Å². The van der Waals surface area contributed by atoms with Gasteiger partial charge in [-0.1, -0.05) is 35.9 Å². The van der Waals surface area contributed by atoms with Crippen LogP contribution in [0.1, 0.15) is 10.4 Å². The number of likely N-dealkylation sites (N-methyl/N-ethyl adjacent to an activating group) is 1. The van der Waals surface area contributed by atoms with E-state index in [1.807, 2.05) is 42.5 Å². The summed E-state index contributed by atoms with van der Waals surface area (Å²) in [6, 6.07) is 15.4. The van der Waals surface area contributed by atoms with Crippen LogP contribution in [0.15, 0.2) is 53.0 Å². The van der Waals surface area contributed by atoms with E-state index in [4.69, 9.17) is 16.3 Å². The summed E-state index contributed by atoms with van der Waals surface area (Å²) in [5.74, 6) is 0.257. The van der Waals surface area contributed by atoms with E-state index in [1.165, 1.54) is 0 Å². The molecule has 3 aromatic rings. The molecule has 1 fully saturated rings. The molecule has 0 radical (unpaired) electrons. The van der Waals surface area contributed by atoms with Crippen molar-refractivity contribution in [3.8, 4) is 5.75 Å². The fourth-order valence-corrected chi connectivity index (χ4v) is 4.78. The van der Waals surface area contributed by atoms with Gasteiger partial charge in [0.2, 0.25) is 0 Å². The molecule has 4 rings (SSSR count). The van der Waals surface area contributed by atoms with Crippen LogP contribution in [0.5, 0.6) is 5.75 Å². The third kappa shape index (κ3) is 4.13. The number of rotatable bonds is 4. The van der Waals surface area contributed by atoms with Crippen molar-refractivity contribution in [2.75, 3.05) is 50.6 Å². The highest BCUT2D eigenvalue weighted by Crippen LogP contribution is 2.37. The van der Waals surface area contributed by atoms with E-state index >= 15 is 0 Å². The maximum atomic E-state index is 13.1. The summed E-state index contributed by atoms with van der Waals surface area (Å²) in [6.07, 6.45) is 0. The lowest BCUT2D eigenvalue weighted by Gasteiger charge is -2.34. The molecular formula is C23H23BrClN3O2. The van der Waals surface area contributed by atoms with Gasteiger partial charge in [0.1, 0.15) is 5.75 Å². The molecular weight excluding hydrogens is 466 g/mol. The highest BCUT2D eigenvalue weighted by molar-refractivity contribution is 9.10. The molecule has 0 atom stereocenters. The van der Waals surface area contributed by atoms with Gasteiger partial charge < -0.3 is 19.9 Å². The van der Waals surface area contributed by atoms with Crippen LogP contribution < -0.4 is 15.0 Å². The lowest BCUT2D eigenvalue weighted by atomic mass is 10.0. The minimum absolute atomic E-state index is 0.248. The van der Waals surface area contributed by atoms with E-state index in [1.54, 1.807) is 13.2 Å². The van der Waals surface area contributed by atoms with E-state index in [-0.39, 0.29) is 5.91 Å². The molecule has 30 heavy (non-hydrogen) atoms. The Labute approximate surface area is 189 Å². The first-order valence-corrected chi connectivity index (χ1v) is 10.9. The van der Waals surface area contributed by atoms with Gasteiger partial charge >= 0.3 is 0 Å². The van der Waals surface area contributed by atoms with E-state index in [0.717, 1.165) is 47.1 Å². The average molecular weight is 489 g/mol. The number of fused-ring (bicyclic) bond motifs is 1. The summed E-state index contributed by atoms with van der Waals surface area (Å²) < 4.78 is 6.29. The molecule has 1 amide bonds. The first-order chi connectivity index (χ1) is 14.5. The normalized spacial score (nSPS) is 14.7. The SMILES string of the molecule is COc1c(C(=O)Nc2ccc(N3CCN(C)CC3)c(Cl)c2)cc2ccccc2c1Br. The quantitative estimate of drug-likeness (QED) is 0.543. The first kappa shape index (κ1) is 21.0. The molecule has 156 valence electrons. The predicted octanol–water partition coefficient (Wildman–Crippen LogP) is 5.27. The molecule has 1 saturated heterocycles. The van der Waals surface area contributed by atoms with Crippen LogP contribution in [0, 0.1) is 0 Å². The molecule has 0 unspecified atom stereocenters. The smallest absolute Gasteiger partial charge is 0.259 e. The second kappa shape index (κ2) is 8.84. The molecule has 7 heteroatoms. The van der Waals surface area contributed by atoms with Crippen LogP contribution in [0.2, 0.25) is 5.02 Å². The highest BCUT2D eigenvalue weighted by atomic mass is 79.9. The minimum atomic E-state index is -0.248. The van der Waals surface area contributed by atoms with Gasteiger partial charge in [0, 0.05) is 31.9 Å². The van der Waals surface area contributed by atoms with Crippen LogP contribution in [-0.4, -0.2) is 51.1 Å². The van der Waals surface area contributed by atoms with Crippen molar-refractivity contribution in [3.63, 3.8) is 0 Å². The molecule has 0 aromatic heterocycles. The Morgan fingerprint density at radius 3 is 2.53 bits per heavy atom. The van der Waals surface area contributed by atoms with Crippen molar-refractivity contribution >= 4 is 55.6 Å². The zero-order valence-electron chi connectivity index (χ0n) is 16.9. The van der Waals surface area contributed by atoms with Crippen molar-refractivity contribution in [3.05, 3.63) is 63.6 Å². The number of methoxy groups -OCH3 is 1. The molecule has 0 spiro atoms. The molecule has 0 bridgehead atoms. The number of nitrogens with zero attached hydrogens (tertiary/aromatic N) is 2. The lowest BCUT2D eigenvalue weighted by molar-refractivity contribution is 0.102. The van der Waals surface area contributed by atoms with Crippen LogP contribution in [0.3, 0.4) is 0 Å². The van der Waals surface area contributed by atoms with E-state index in [9.17, 15) is 4.79 Å². The largest absolute Gasteiger partial charge is 0.495 e. The number of carbonyl (C=O) groups excluding carboxylic acids is 1. The van der Waals surface area contributed by atoms with Gasteiger partial charge in [-0.25, -0.2) is 0 Å². The van der Waals surface area contributed by atoms with Gasteiger partial charge in [0.05, 0.1) is 27.9 Å². The molecule has 1 N–H and O–H groups in total. The topological polar surface area (TPSA) is 44.8 Å². The number of anilines is 2. The van der Waals surface area contributed by atoms with Gasteiger partial charge in [-0.05, 0) is 58.0 Å². The van der Waals surface area contributed by atoms with E-state index < -0.39 is 0 Å². The number of carbonyl (C=O) groups is 1. The number of hydrogen-bond donors (Lipinski definition) is 1. The second-order valence-corrected chi connectivity index (χ2v) is 8.60. The summed E-state index contributed by atoms with van der Waals surface area (Å²) in [7, 11) is 3.68. The fourth-order valence-electron chi connectivity index (χ4n) is 3.74. The Morgan fingerprint density at radius 1 is 1.10 bits per heavy atom. The van der Waals surface area contributed by atoms with Crippen LogP contribution in [0.4, 0.5) is 11.4 Å². The van der Waals surface area contributed by atoms with Crippen molar-refractivity contribution in [1.82, 2.24) is 4.90 Å². The van der Waals surface area contributed by atoms with Gasteiger partial charge in [-0.2, -0.15) is 0 Å². The van der Waals surface area contributed by atoms with Crippen molar-refractivity contribution in [2.45, 2.75) is 0 Å². The number of nitrogens with one attached hydrogen (secondary N) is 1. The number of benzene rings is 3. The van der Waals surface area contributed by atoms with Gasteiger partial charge in [0.15, 0.2) is 0 Å². The van der Waals surface area contributed by atoms with E-state index in [0.29, 0.717) is 22.0 Å². The minimum Gasteiger partial charge on any atom is -0.495 e. The number of ether oxygens (including phenoxy) is 1. The molecule has 0 aliphatic carbocycles. The molecule has 1 heterocycles. The zero-order chi connectivity index (χ0) is 21.3. The van der Waals surface area contributed by atoms with Gasteiger partial charge in [-0.15, -0.1) is 0 Å². The van der Waals surface area contributed by atoms with Gasteiger partial charge in [-0.3, -0.25) is 4.79 Å². The number of amides is 1. The summed E-state index contributed by atoms with van der Waals surface area (Å²) >= 11 is 10.1. The second-order valence-electron chi connectivity index (χ2n) is 7.40. The standard InChI is InChI=1S/C23H23BrClN3O2/c1-27-9-11-28(12-10-27)20-8-7-16(14-19(20)25)26-23(29)18-13-15-5-3-4-6-17(15)21(24)22(18)30-2/h3-8,13-14H,9-12H2,1-2H3,(H,26,29). The monoisotopic (exact) mass is 487 g/mol. The summed E-state index contributed by atoms with van der Waals surface area (Å²) in [5.41, 5.74) is 2.10. The fraction of sp³-hybridized carbons (Fsp3) is 0.261. The summed E-state index contributed by atoms with van der Waals surface area (Å²) in [4.78, 5) is 17.6. The Balaban J connectivity index is 1.59. The summed E-state index contributed by atoms with van der Waals surface area (Å²) in [5, 5.41) is 5.53. The highest BCUT2D eigenvalue weighted by Gasteiger charge is 2.20. The Morgan fingerprint density at radius 2 is 1.83 bits per heavy atom. The van der Waals surface area contributed by atoms with Crippen LogP contribution in [-0.2, 0) is 0 Å². The molecule has 1 aliphatic heterocycles. The Hall–Kier alpha value is -2.28. The van der Waals surface area contributed by atoms with E-state index in [2.05, 4.69) is 38.1 Å². The molecule has 3 aromatic carbocycles.